The van der Waals surface area contributed by atoms with Crippen LogP contribution in [0.25, 0.3) is 11.0 Å². The molecular weight excluding hydrogens is 378 g/mol. The summed E-state index contributed by atoms with van der Waals surface area (Å²) in [4.78, 5) is 35.5. The smallest absolute Gasteiger partial charge is 0.353 e. The number of carboxylic acids is 1. The summed E-state index contributed by atoms with van der Waals surface area (Å²) < 4.78 is 10.9. The number of nitrogens with one attached hydrogen (secondary N) is 1. The fourth-order valence-electron chi connectivity index (χ4n) is 2.70. The maximum atomic E-state index is 12.3. The molecule has 8 heteroatoms. The van der Waals surface area contributed by atoms with Gasteiger partial charge in [-0.05, 0) is 31.5 Å². The molecule has 8 nitrogen and oxygen atoms in total. The summed E-state index contributed by atoms with van der Waals surface area (Å²) in [5, 5.41) is 21.7. The highest BCUT2D eigenvalue weighted by Crippen LogP contribution is 2.34. The minimum absolute atomic E-state index is 0.0386. The zero-order valence-corrected chi connectivity index (χ0v) is 15.8. The number of hydrogen-bond acceptors (Lipinski definition) is 6. The summed E-state index contributed by atoms with van der Waals surface area (Å²) >= 11 is 0. The van der Waals surface area contributed by atoms with Crippen LogP contribution in [0, 0.1) is 6.92 Å². The standard InChI is InChI=1S/C21H19NO7/c1-11-6-8-13(9-7-11)10-28-14-4-3-5-15-16(14)18(23)17(21(27)29-15)19(24)22-12(2)20(25)26/h3-9,12,23H,10H2,1-2H3,(H,22,24)(H,25,26)/t12-/m0/s1. The van der Waals surface area contributed by atoms with Crippen molar-refractivity contribution < 1.29 is 29.0 Å². The second-order valence-corrected chi connectivity index (χ2v) is 6.55. The summed E-state index contributed by atoms with van der Waals surface area (Å²) in [5.41, 5.74) is 0.261. The summed E-state index contributed by atoms with van der Waals surface area (Å²) in [6, 6.07) is 11.0. The van der Waals surface area contributed by atoms with Crippen molar-refractivity contribution in [3.8, 4) is 11.5 Å². The Morgan fingerprint density at radius 3 is 2.52 bits per heavy atom. The Morgan fingerprint density at radius 2 is 1.86 bits per heavy atom. The number of aromatic hydroxyl groups is 1. The number of ether oxygens (including phenoxy) is 1. The van der Waals surface area contributed by atoms with Gasteiger partial charge in [-0.3, -0.25) is 9.59 Å². The molecule has 0 fully saturated rings. The van der Waals surface area contributed by atoms with E-state index >= 15 is 0 Å². The van der Waals surface area contributed by atoms with Crippen molar-refractivity contribution in [1.82, 2.24) is 5.32 Å². The van der Waals surface area contributed by atoms with Crippen molar-refractivity contribution in [2.75, 3.05) is 0 Å². The van der Waals surface area contributed by atoms with Crippen molar-refractivity contribution in [1.29, 1.82) is 0 Å². The molecule has 1 atom stereocenters. The van der Waals surface area contributed by atoms with Gasteiger partial charge in [-0.15, -0.1) is 0 Å². The maximum Gasteiger partial charge on any atom is 0.353 e. The Balaban J connectivity index is 1.99. The van der Waals surface area contributed by atoms with Crippen molar-refractivity contribution in [3.63, 3.8) is 0 Å². The molecule has 1 aromatic heterocycles. The lowest BCUT2D eigenvalue weighted by atomic mass is 10.1. The topological polar surface area (TPSA) is 126 Å². The summed E-state index contributed by atoms with van der Waals surface area (Å²) in [6.07, 6.45) is 0. The molecular formula is C21H19NO7. The van der Waals surface area contributed by atoms with Crippen LogP contribution in [0.3, 0.4) is 0 Å². The SMILES string of the molecule is Cc1ccc(COc2cccc3oc(=O)c(C(=O)N[C@@H](C)C(=O)O)c(O)c23)cc1. The first-order valence-electron chi connectivity index (χ1n) is 8.78. The molecule has 0 aliphatic carbocycles. The van der Waals surface area contributed by atoms with Gasteiger partial charge in [0.1, 0.15) is 29.4 Å². The molecule has 0 aliphatic rings. The van der Waals surface area contributed by atoms with Crippen LogP contribution in [-0.2, 0) is 11.4 Å². The minimum atomic E-state index is -1.29. The zero-order chi connectivity index (χ0) is 21.1. The maximum absolute atomic E-state index is 12.3. The van der Waals surface area contributed by atoms with E-state index in [0.717, 1.165) is 11.1 Å². The first-order valence-corrected chi connectivity index (χ1v) is 8.78. The number of fused-ring (bicyclic) bond motifs is 1. The van der Waals surface area contributed by atoms with Crippen LogP contribution >= 0.6 is 0 Å². The fourth-order valence-corrected chi connectivity index (χ4v) is 2.70. The van der Waals surface area contributed by atoms with Crippen LogP contribution in [0.15, 0.2) is 51.7 Å². The summed E-state index contributed by atoms with van der Waals surface area (Å²) in [6.45, 7) is 3.39. The van der Waals surface area contributed by atoms with E-state index in [9.17, 15) is 19.5 Å². The average Bonchev–Trinajstić information content (AvgIpc) is 2.67. The van der Waals surface area contributed by atoms with Crippen LogP contribution in [0.2, 0.25) is 0 Å². The van der Waals surface area contributed by atoms with E-state index in [4.69, 9.17) is 14.3 Å². The van der Waals surface area contributed by atoms with Gasteiger partial charge >= 0.3 is 11.6 Å². The molecule has 2 aromatic carbocycles. The molecule has 3 rings (SSSR count). The zero-order valence-electron chi connectivity index (χ0n) is 15.8. The fraction of sp³-hybridized carbons (Fsp3) is 0.190. The molecule has 0 unspecified atom stereocenters. The van der Waals surface area contributed by atoms with Gasteiger partial charge < -0.3 is 24.7 Å². The molecule has 150 valence electrons. The highest BCUT2D eigenvalue weighted by molar-refractivity contribution is 6.04. The van der Waals surface area contributed by atoms with Gasteiger partial charge in [-0.2, -0.15) is 0 Å². The van der Waals surface area contributed by atoms with Gasteiger partial charge in [0, 0.05) is 0 Å². The number of rotatable bonds is 6. The lowest BCUT2D eigenvalue weighted by Crippen LogP contribution is -2.40. The molecule has 0 spiro atoms. The van der Waals surface area contributed by atoms with Crippen LogP contribution in [0.4, 0.5) is 0 Å². The summed E-state index contributed by atoms with van der Waals surface area (Å²) in [5.74, 6) is -2.76. The quantitative estimate of drug-likeness (QED) is 0.546. The highest BCUT2D eigenvalue weighted by atomic mass is 16.5. The number of aliphatic carboxylic acids is 1. The number of hydrogen-bond donors (Lipinski definition) is 3. The Bertz CT molecular complexity index is 1130. The monoisotopic (exact) mass is 397 g/mol. The van der Waals surface area contributed by atoms with E-state index in [1.165, 1.54) is 13.0 Å². The van der Waals surface area contributed by atoms with Crippen molar-refractivity contribution in [2.24, 2.45) is 0 Å². The normalized spacial score (nSPS) is 11.8. The molecule has 0 saturated carbocycles. The highest BCUT2D eigenvalue weighted by Gasteiger charge is 2.25. The van der Waals surface area contributed by atoms with Gasteiger partial charge in [0.05, 0.1) is 0 Å². The third-order valence-corrected chi connectivity index (χ3v) is 4.33. The van der Waals surface area contributed by atoms with Gasteiger partial charge in [0.15, 0.2) is 11.3 Å². The lowest BCUT2D eigenvalue weighted by molar-refractivity contribution is -0.138. The molecule has 3 aromatic rings. The van der Waals surface area contributed by atoms with Gasteiger partial charge in [0.25, 0.3) is 5.91 Å². The van der Waals surface area contributed by atoms with Crippen LogP contribution in [0.5, 0.6) is 11.5 Å². The molecule has 0 saturated heterocycles. The predicted molar refractivity (Wildman–Crippen MR) is 104 cm³/mol. The van der Waals surface area contributed by atoms with E-state index in [2.05, 4.69) is 5.32 Å². The van der Waals surface area contributed by atoms with Gasteiger partial charge in [-0.1, -0.05) is 35.9 Å². The lowest BCUT2D eigenvalue weighted by Gasteiger charge is -2.13. The number of benzene rings is 2. The number of carbonyl (C=O) groups excluding carboxylic acids is 1. The number of aryl methyl sites for hydroxylation is 1. The Labute approximate surface area is 165 Å². The number of amides is 1. The number of carboxylic acid groups (broad SMARTS) is 1. The van der Waals surface area contributed by atoms with Crippen molar-refractivity contribution >= 4 is 22.8 Å². The third-order valence-electron chi connectivity index (χ3n) is 4.33. The minimum Gasteiger partial charge on any atom is -0.506 e. The van der Waals surface area contributed by atoms with Gasteiger partial charge in [0.2, 0.25) is 0 Å². The van der Waals surface area contributed by atoms with Crippen molar-refractivity contribution in [3.05, 3.63) is 69.6 Å². The molecule has 1 amide bonds. The molecule has 0 bridgehead atoms. The first kappa shape index (κ1) is 19.9. The Morgan fingerprint density at radius 1 is 1.17 bits per heavy atom. The van der Waals surface area contributed by atoms with E-state index < -0.39 is 34.9 Å². The molecule has 29 heavy (non-hydrogen) atoms. The average molecular weight is 397 g/mol. The van der Waals surface area contributed by atoms with Crippen LogP contribution < -0.4 is 15.7 Å². The third kappa shape index (κ3) is 4.21. The largest absolute Gasteiger partial charge is 0.506 e. The predicted octanol–water partition coefficient (Wildman–Crippen LogP) is 2.59. The Kier molecular flexibility index (Phi) is 5.54. The van der Waals surface area contributed by atoms with E-state index in [1.54, 1.807) is 12.1 Å². The second-order valence-electron chi connectivity index (χ2n) is 6.55. The molecule has 0 aliphatic heterocycles. The molecule has 3 N–H and O–H groups in total. The molecule has 0 radical (unpaired) electrons. The van der Waals surface area contributed by atoms with Crippen LogP contribution in [0.1, 0.15) is 28.4 Å². The van der Waals surface area contributed by atoms with Gasteiger partial charge in [-0.25, -0.2) is 4.79 Å². The van der Waals surface area contributed by atoms with E-state index in [0.29, 0.717) is 0 Å². The van der Waals surface area contributed by atoms with E-state index in [1.807, 2.05) is 31.2 Å². The number of carbonyl (C=O) groups is 2. The first-order chi connectivity index (χ1) is 13.8. The second kappa shape index (κ2) is 8.05. The Hall–Kier alpha value is -3.81. The van der Waals surface area contributed by atoms with Crippen molar-refractivity contribution in [2.45, 2.75) is 26.5 Å². The van der Waals surface area contributed by atoms with Crippen LogP contribution in [-0.4, -0.2) is 28.1 Å². The molecule has 1 heterocycles. The summed E-state index contributed by atoms with van der Waals surface area (Å²) in [7, 11) is 0. The van der Waals surface area contributed by atoms with E-state index in [-0.39, 0.29) is 23.3 Å².